The SMILES string of the molecule is COc1nc(NN)nc(NCC2(O)CCC2)n1. The van der Waals surface area contributed by atoms with Crippen LogP contribution in [0.3, 0.4) is 0 Å². The van der Waals surface area contributed by atoms with Gasteiger partial charge in [-0.2, -0.15) is 15.0 Å². The number of nitrogens with two attached hydrogens (primary N) is 1. The van der Waals surface area contributed by atoms with E-state index >= 15 is 0 Å². The average Bonchev–Trinajstić information content (AvgIpc) is 2.33. The molecule has 1 aliphatic rings. The molecule has 0 aliphatic heterocycles. The number of anilines is 2. The molecule has 0 radical (unpaired) electrons. The molecule has 8 heteroatoms. The summed E-state index contributed by atoms with van der Waals surface area (Å²) in [4.78, 5) is 11.9. The van der Waals surface area contributed by atoms with Crippen molar-refractivity contribution >= 4 is 11.9 Å². The number of hydrazine groups is 1. The van der Waals surface area contributed by atoms with Gasteiger partial charge in [0.15, 0.2) is 0 Å². The molecule has 0 spiro atoms. The molecule has 1 aromatic heterocycles. The fourth-order valence-corrected chi connectivity index (χ4v) is 1.60. The molecule has 1 heterocycles. The van der Waals surface area contributed by atoms with Gasteiger partial charge in [0.25, 0.3) is 0 Å². The third-order valence-corrected chi connectivity index (χ3v) is 2.79. The molecule has 0 amide bonds. The molecule has 1 aliphatic carbocycles. The minimum absolute atomic E-state index is 0.163. The lowest BCUT2D eigenvalue weighted by Gasteiger charge is -2.36. The first-order valence-corrected chi connectivity index (χ1v) is 5.38. The van der Waals surface area contributed by atoms with Crippen molar-refractivity contribution in [2.45, 2.75) is 24.9 Å². The average molecular weight is 240 g/mol. The second kappa shape index (κ2) is 4.68. The number of hydrogen-bond donors (Lipinski definition) is 4. The summed E-state index contributed by atoms with van der Waals surface area (Å²) in [6, 6.07) is 0.163. The third kappa shape index (κ3) is 2.71. The van der Waals surface area contributed by atoms with Gasteiger partial charge in [-0.1, -0.05) is 0 Å². The molecule has 0 unspecified atom stereocenters. The lowest BCUT2D eigenvalue weighted by atomic mass is 9.80. The van der Waals surface area contributed by atoms with Crippen LogP contribution in [0.15, 0.2) is 0 Å². The van der Waals surface area contributed by atoms with Gasteiger partial charge in [-0.05, 0) is 19.3 Å². The number of methoxy groups -OCH3 is 1. The van der Waals surface area contributed by atoms with Crippen LogP contribution in [0, 0.1) is 0 Å². The first kappa shape index (κ1) is 11.8. The molecule has 94 valence electrons. The second-order valence-electron chi connectivity index (χ2n) is 4.05. The Balaban J connectivity index is 2.03. The highest BCUT2D eigenvalue weighted by Gasteiger charge is 2.34. The molecule has 0 bridgehead atoms. The number of aromatic nitrogens is 3. The number of aliphatic hydroxyl groups is 1. The van der Waals surface area contributed by atoms with Gasteiger partial charge in [-0.15, -0.1) is 0 Å². The van der Waals surface area contributed by atoms with Crippen LogP contribution >= 0.6 is 0 Å². The maximum Gasteiger partial charge on any atom is 0.322 e. The second-order valence-corrected chi connectivity index (χ2v) is 4.05. The largest absolute Gasteiger partial charge is 0.467 e. The summed E-state index contributed by atoms with van der Waals surface area (Å²) < 4.78 is 4.91. The van der Waals surface area contributed by atoms with E-state index in [4.69, 9.17) is 10.6 Å². The van der Waals surface area contributed by atoms with E-state index in [0.717, 1.165) is 19.3 Å². The highest BCUT2D eigenvalue weighted by Crippen LogP contribution is 2.31. The highest BCUT2D eigenvalue weighted by atomic mass is 16.5. The molecule has 17 heavy (non-hydrogen) atoms. The number of nitrogens with one attached hydrogen (secondary N) is 2. The fourth-order valence-electron chi connectivity index (χ4n) is 1.60. The topological polar surface area (TPSA) is 118 Å². The Morgan fingerprint density at radius 3 is 2.59 bits per heavy atom. The van der Waals surface area contributed by atoms with Gasteiger partial charge < -0.3 is 15.2 Å². The van der Waals surface area contributed by atoms with E-state index in [1.807, 2.05) is 0 Å². The molecule has 1 fully saturated rings. The van der Waals surface area contributed by atoms with Gasteiger partial charge >= 0.3 is 6.01 Å². The van der Waals surface area contributed by atoms with E-state index in [9.17, 15) is 5.11 Å². The maximum absolute atomic E-state index is 9.92. The molecule has 0 aromatic carbocycles. The Morgan fingerprint density at radius 2 is 2.06 bits per heavy atom. The normalized spacial score (nSPS) is 17.1. The Labute approximate surface area is 98.6 Å². The van der Waals surface area contributed by atoms with E-state index in [2.05, 4.69) is 25.7 Å². The Bertz CT molecular complexity index is 373. The van der Waals surface area contributed by atoms with Crippen molar-refractivity contribution in [2.24, 2.45) is 5.84 Å². The maximum atomic E-state index is 9.92. The van der Waals surface area contributed by atoms with Gasteiger partial charge in [0.1, 0.15) is 0 Å². The van der Waals surface area contributed by atoms with Crippen LogP contribution in [0.4, 0.5) is 11.9 Å². The van der Waals surface area contributed by atoms with Crippen LogP contribution in [-0.2, 0) is 0 Å². The van der Waals surface area contributed by atoms with Crippen molar-refractivity contribution in [1.29, 1.82) is 0 Å². The minimum atomic E-state index is -0.643. The minimum Gasteiger partial charge on any atom is -0.467 e. The van der Waals surface area contributed by atoms with Crippen molar-refractivity contribution in [3.05, 3.63) is 0 Å². The van der Waals surface area contributed by atoms with Crippen molar-refractivity contribution in [1.82, 2.24) is 15.0 Å². The lowest BCUT2D eigenvalue weighted by molar-refractivity contribution is -0.0203. The number of rotatable bonds is 5. The molecular weight excluding hydrogens is 224 g/mol. The number of ether oxygens (including phenoxy) is 1. The van der Waals surface area contributed by atoms with Crippen LogP contribution < -0.4 is 21.3 Å². The predicted molar refractivity (Wildman–Crippen MR) is 61.5 cm³/mol. The quantitative estimate of drug-likeness (QED) is 0.401. The van der Waals surface area contributed by atoms with Gasteiger partial charge in [0, 0.05) is 6.54 Å². The van der Waals surface area contributed by atoms with E-state index in [1.165, 1.54) is 7.11 Å². The number of nitrogen functional groups attached to an aromatic ring is 1. The summed E-state index contributed by atoms with van der Waals surface area (Å²) >= 11 is 0. The highest BCUT2D eigenvalue weighted by molar-refractivity contribution is 5.35. The molecule has 0 atom stereocenters. The summed E-state index contributed by atoms with van der Waals surface area (Å²) in [5.74, 6) is 5.76. The summed E-state index contributed by atoms with van der Waals surface area (Å²) in [5.41, 5.74) is 1.68. The molecule has 1 aromatic rings. The van der Waals surface area contributed by atoms with E-state index in [1.54, 1.807) is 0 Å². The monoisotopic (exact) mass is 240 g/mol. The Hall–Kier alpha value is -1.67. The zero-order chi connectivity index (χ0) is 12.3. The first-order chi connectivity index (χ1) is 8.15. The van der Waals surface area contributed by atoms with Crippen molar-refractivity contribution < 1.29 is 9.84 Å². The van der Waals surface area contributed by atoms with Crippen LogP contribution in [0.5, 0.6) is 6.01 Å². The molecule has 2 rings (SSSR count). The van der Waals surface area contributed by atoms with Crippen molar-refractivity contribution in [3.63, 3.8) is 0 Å². The molecule has 5 N–H and O–H groups in total. The van der Waals surface area contributed by atoms with Gasteiger partial charge in [0.2, 0.25) is 11.9 Å². The summed E-state index contributed by atoms with van der Waals surface area (Å²) in [5, 5.41) is 12.9. The van der Waals surface area contributed by atoms with Crippen molar-refractivity contribution in [3.8, 4) is 6.01 Å². The third-order valence-electron chi connectivity index (χ3n) is 2.79. The fraction of sp³-hybridized carbons (Fsp3) is 0.667. The summed E-state index contributed by atoms with van der Waals surface area (Å²) in [7, 11) is 1.46. The zero-order valence-corrected chi connectivity index (χ0v) is 9.60. The lowest BCUT2D eigenvalue weighted by Crippen LogP contribution is -2.43. The first-order valence-electron chi connectivity index (χ1n) is 5.38. The van der Waals surface area contributed by atoms with Crippen molar-refractivity contribution in [2.75, 3.05) is 24.4 Å². The molecule has 8 nitrogen and oxygen atoms in total. The zero-order valence-electron chi connectivity index (χ0n) is 9.60. The Kier molecular flexibility index (Phi) is 3.25. The smallest absolute Gasteiger partial charge is 0.322 e. The van der Waals surface area contributed by atoms with E-state index < -0.39 is 5.60 Å². The van der Waals surface area contributed by atoms with Crippen LogP contribution in [0.1, 0.15) is 19.3 Å². The number of nitrogens with zero attached hydrogens (tertiary/aromatic N) is 3. The van der Waals surface area contributed by atoms with Crippen LogP contribution in [0.25, 0.3) is 0 Å². The standard InChI is InChI=1S/C9H16N6O2/c1-17-8-13-6(12-7(14-8)15-10)11-5-9(16)3-2-4-9/h16H,2-5,10H2,1H3,(H2,11,12,13,14,15). The van der Waals surface area contributed by atoms with E-state index in [0.29, 0.717) is 12.5 Å². The van der Waals surface area contributed by atoms with Crippen LogP contribution in [-0.4, -0.2) is 39.3 Å². The summed E-state index contributed by atoms with van der Waals surface area (Å²) in [6.07, 6.45) is 2.64. The van der Waals surface area contributed by atoms with Gasteiger partial charge in [-0.3, -0.25) is 5.43 Å². The van der Waals surface area contributed by atoms with Gasteiger partial charge in [0.05, 0.1) is 12.7 Å². The van der Waals surface area contributed by atoms with Gasteiger partial charge in [-0.25, -0.2) is 5.84 Å². The van der Waals surface area contributed by atoms with E-state index in [-0.39, 0.29) is 12.0 Å². The number of hydrogen-bond acceptors (Lipinski definition) is 8. The Morgan fingerprint density at radius 1 is 1.35 bits per heavy atom. The molecule has 1 saturated carbocycles. The predicted octanol–water partition coefficient (Wildman–Crippen LogP) is -0.507. The summed E-state index contributed by atoms with van der Waals surface area (Å²) in [6.45, 7) is 0.407. The molecule has 0 saturated heterocycles. The molecular formula is C9H16N6O2. The van der Waals surface area contributed by atoms with Crippen LogP contribution in [0.2, 0.25) is 0 Å².